The van der Waals surface area contributed by atoms with Gasteiger partial charge in [-0.15, -0.1) is 24.0 Å². The number of aromatic nitrogens is 1. The van der Waals surface area contributed by atoms with E-state index in [0.29, 0.717) is 6.54 Å². The minimum atomic E-state index is 0. The van der Waals surface area contributed by atoms with Crippen LogP contribution in [-0.2, 0) is 6.54 Å². The fraction of sp³-hybridized carbons (Fsp3) is 0.545. The van der Waals surface area contributed by atoms with E-state index in [1.54, 1.807) is 13.4 Å². The first-order chi connectivity index (χ1) is 14.6. The second kappa shape index (κ2) is 12.9. The summed E-state index contributed by atoms with van der Waals surface area (Å²) in [5, 5.41) is 7.49. The molecule has 3 rings (SSSR count). The quantitative estimate of drug-likeness (QED) is 0.313. The molecule has 8 nitrogen and oxygen atoms in total. The highest BCUT2D eigenvalue weighted by molar-refractivity contribution is 14.0. The number of hydrogen-bond acceptors (Lipinski definition) is 6. The summed E-state index contributed by atoms with van der Waals surface area (Å²) in [6.07, 6.45) is 1.63. The maximum absolute atomic E-state index is 5.29. The SMILES string of the molecule is CCNC(=NCC(c1ccc(OC)cc1)N(C)C)N1CCN(Cc2ccon2)CC1.I. The molecular formula is C22H35IN6O2. The molecule has 1 N–H and O–H groups in total. The molecule has 2 heterocycles. The van der Waals surface area contributed by atoms with Gasteiger partial charge < -0.3 is 24.4 Å². The maximum Gasteiger partial charge on any atom is 0.194 e. The van der Waals surface area contributed by atoms with Gasteiger partial charge in [0.15, 0.2) is 5.96 Å². The Hall–Kier alpha value is -1.85. The Morgan fingerprint density at radius 1 is 1.19 bits per heavy atom. The maximum atomic E-state index is 5.29. The van der Waals surface area contributed by atoms with Crippen LogP contribution in [0.3, 0.4) is 0 Å². The average Bonchev–Trinajstić information content (AvgIpc) is 3.27. The smallest absolute Gasteiger partial charge is 0.194 e. The second-order valence-electron chi connectivity index (χ2n) is 7.70. The van der Waals surface area contributed by atoms with E-state index in [-0.39, 0.29) is 30.0 Å². The molecular weight excluding hydrogens is 507 g/mol. The molecule has 1 fully saturated rings. The lowest BCUT2D eigenvalue weighted by Crippen LogP contribution is -2.52. The van der Waals surface area contributed by atoms with E-state index in [1.165, 1.54) is 5.56 Å². The topological polar surface area (TPSA) is 69.4 Å². The van der Waals surface area contributed by atoms with Crippen LogP contribution in [0.25, 0.3) is 0 Å². The van der Waals surface area contributed by atoms with E-state index in [1.807, 2.05) is 18.2 Å². The van der Waals surface area contributed by atoms with Gasteiger partial charge in [0.1, 0.15) is 12.0 Å². The van der Waals surface area contributed by atoms with Crippen molar-refractivity contribution in [2.75, 3.05) is 60.5 Å². The number of guanidine groups is 1. The van der Waals surface area contributed by atoms with Crippen molar-refractivity contribution in [1.29, 1.82) is 0 Å². The molecule has 0 saturated carbocycles. The molecule has 0 bridgehead atoms. The Kier molecular flexibility index (Phi) is 10.6. The van der Waals surface area contributed by atoms with Gasteiger partial charge in [0.2, 0.25) is 0 Å². The molecule has 1 aliphatic heterocycles. The van der Waals surface area contributed by atoms with Crippen LogP contribution in [-0.4, -0.2) is 86.3 Å². The van der Waals surface area contributed by atoms with Gasteiger partial charge in [-0.1, -0.05) is 17.3 Å². The molecule has 172 valence electrons. The Morgan fingerprint density at radius 2 is 1.90 bits per heavy atom. The Labute approximate surface area is 202 Å². The normalized spacial score (nSPS) is 16.2. The molecule has 9 heteroatoms. The van der Waals surface area contributed by atoms with Crippen molar-refractivity contribution in [1.82, 2.24) is 25.2 Å². The summed E-state index contributed by atoms with van der Waals surface area (Å²) in [6.45, 7) is 8.34. The van der Waals surface area contributed by atoms with Crippen molar-refractivity contribution in [2.24, 2.45) is 4.99 Å². The summed E-state index contributed by atoms with van der Waals surface area (Å²) in [7, 11) is 5.89. The molecule has 1 aromatic heterocycles. The third-order valence-corrected chi connectivity index (χ3v) is 5.42. The second-order valence-corrected chi connectivity index (χ2v) is 7.70. The van der Waals surface area contributed by atoms with Gasteiger partial charge in [-0.25, -0.2) is 0 Å². The molecule has 0 amide bonds. The van der Waals surface area contributed by atoms with Gasteiger partial charge >= 0.3 is 0 Å². The van der Waals surface area contributed by atoms with E-state index in [0.717, 1.165) is 56.7 Å². The molecule has 31 heavy (non-hydrogen) atoms. The van der Waals surface area contributed by atoms with Crippen molar-refractivity contribution in [3.05, 3.63) is 47.9 Å². The average molecular weight is 542 g/mol. The van der Waals surface area contributed by atoms with E-state index in [9.17, 15) is 0 Å². The van der Waals surface area contributed by atoms with Crippen LogP contribution in [0.2, 0.25) is 0 Å². The van der Waals surface area contributed by atoms with Crippen LogP contribution in [0.15, 0.2) is 46.1 Å². The molecule has 1 atom stereocenters. The number of halogens is 1. The first-order valence-corrected chi connectivity index (χ1v) is 10.6. The third kappa shape index (κ3) is 7.36. The molecule has 1 unspecified atom stereocenters. The predicted molar refractivity (Wildman–Crippen MR) is 134 cm³/mol. The number of likely N-dealkylation sites (N-methyl/N-ethyl adjacent to an activating group) is 1. The number of benzene rings is 1. The van der Waals surface area contributed by atoms with Gasteiger partial charge in [-0.05, 0) is 38.7 Å². The number of rotatable bonds is 8. The summed E-state index contributed by atoms with van der Waals surface area (Å²) in [5.74, 6) is 1.86. The Morgan fingerprint density at radius 3 is 2.45 bits per heavy atom. The zero-order valence-corrected chi connectivity index (χ0v) is 21.3. The zero-order chi connectivity index (χ0) is 21.3. The van der Waals surface area contributed by atoms with E-state index < -0.39 is 0 Å². The number of aliphatic imine (C=N–C) groups is 1. The first-order valence-electron chi connectivity index (χ1n) is 10.6. The van der Waals surface area contributed by atoms with Crippen LogP contribution < -0.4 is 10.1 Å². The molecule has 1 saturated heterocycles. The summed E-state index contributed by atoms with van der Waals surface area (Å²) in [4.78, 5) is 12.0. The number of ether oxygens (including phenoxy) is 1. The molecule has 2 aromatic rings. The fourth-order valence-electron chi connectivity index (χ4n) is 3.66. The lowest BCUT2D eigenvalue weighted by atomic mass is 10.1. The molecule has 1 aliphatic rings. The van der Waals surface area contributed by atoms with Crippen molar-refractivity contribution >= 4 is 29.9 Å². The van der Waals surface area contributed by atoms with Crippen molar-refractivity contribution in [3.8, 4) is 5.75 Å². The molecule has 0 radical (unpaired) electrons. The minimum absolute atomic E-state index is 0. The standard InChI is InChI=1S/C22H34N6O2.HI/c1-5-23-22(28-13-11-27(12-14-28)17-19-10-15-30-25-19)24-16-21(26(2)3)18-6-8-20(29-4)9-7-18;/h6-10,15,21H,5,11-14,16-17H2,1-4H3,(H,23,24);1H. The number of nitrogens with zero attached hydrogens (tertiary/aromatic N) is 5. The number of hydrogen-bond donors (Lipinski definition) is 1. The van der Waals surface area contributed by atoms with Crippen LogP contribution in [0.4, 0.5) is 0 Å². The van der Waals surface area contributed by atoms with Gasteiger partial charge in [-0.2, -0.15) is 0 Å². The van der Waals surface area contributed by atoms with Crippen LogP contribution >= 0.6 is 24.0 Å². The van der Waals surface area contributed by atoms with Crippen molar-refractivity contribution in [2.45, 2.75) is 19.5 Å². The monoisotopic (exact) mass is 542 g/mol. The van der Waals surface area contributed by atoms with Crippen LogP contribution in [0, 0.1) is 0 Å². The van der Waals surface area contributed by atoms with Crippen LogP contribution in [0.5, 0.6) is 5.75 Å². The Bertz CT molecular complexity index is 774. The highest BCUT2D eigenvalue weighted by atomic mass is 127. The highest BCUT2D eigenvalue weighted by Crippen LogP contribution is 2.22. The molecule has 0 aliphatic carbocycles. The third-order valence-electron chi connectivity index (χ3n) is 5.42. The largest absolute Gasteiger partial charge is 0.497 e. The lowest BCUT2D eigenvalue weighted by Gasteiger charge is -2.36. The summed E-state index contributed by atoms with van der Waals surface area (Å²) < 4.78 is 10.2. The Balaban J connectivity index is 0.00000341. The number of methoxy groups -OCH3 is 1. The molecule has 0 spiro atoms. The zero-order valence-electron chi connectivity index (χ0n) is 19.0. The van der Waals surface area contributed by atoms with Gasteiger partial charge in [0.05, 0.1) is 25.4 Å². The van der Waals surface area contributed by atoms with E-state index in [4.69, 9.17) is 14.3 Å². The van der Waals surface area contributed by atoms with Crippen LogP contribution in [0.1, 0.15) is 24.2 Å². The lowest BCUT2D eigenvalue weighted by molar-refractivity contribution is 0.168. The molecule has 1 aromatic carbocycles. The first kappa shape index (κ1) is 25.4. The number of piperazine rings is 1. The predicted octanol–water partition coefficient (Wildman–Crippen LogP) is 2.69. The number of nitrogens with one attached hydrogen (secondary N) is 1. The van der Waals surface area contributed by atoms with Gasteiger partial charge in [0, 0.05) is 45.3 Å². The summed E-state index contributed by atoms with van der Waals surface area (Å²) in [5.41, 5.74) is 2.22. The minimum Gasteiger partial charge on any atom is -0.497 e. The van der Waals surface area contributed by atoms with E-state index in [2.05, 4.69) is 58.3 Å². The summed E-state index contributed by atoms with van der Waals surface area (Å²) >= 11 is 0. The van der Waals surface area contributed by atoms with E-state index >= 15 is 0 Å². The van der Waals surface area contributed by atoms with Crippen molar-refractivity contribution in [3.63, 3.8) is 0 Å². The van der Waals surface area contributed by atoms with Gasteiger partial charge in [0.25, 0.3) is 0 Å². The summed E-state index contributed by atoms with van der Waals surface area (Å²) in [6, 6.07) is 10.4. The van der Waals surface area contributed by atoms with Gasteiger partial charge in [-0.3, -0.25) is 9.89 Å². The van der Waals surface area contributed by atoms with Crippen molar-refractivity contribution < 1.29 is 9.26 Å². The highest BCUT2D eigenvalue weighted by Gasteiger charge is 2.21. The fourth-order valence-corrected chi connectivity index (χ4v) is 3.66.